The van der Waals surface area contributed by atoms with Crippen LogP contribution in [0.3, 0.4) is 0 Å². The Kier molecular flexibility index (Phi) is 3.93. The zero-order valence-electron chi connectivity index (χ0n) is 11.7. The number of para-hydroxylation sites is 1. The molecule has 0 N–H and O–H groups in total. The Hall–Kier alpha value is -2.60. The molecule has 0 aliphatic heterocycles. The normalized spacial score (nSPS) is 11.3. The molecular weight excluding hydrogens is 300 g/mol. The molecule has 0 amide bonds. The highest BCUT2D eigenvalue weighted by Crippen LogP contribution is 2.14. The number of hydrogen-bond donors (Lipinski definition) is 0. The van der Waals surface area contributed by atoms with Crippen LogP contribution in [0.1, 0.15) is 5.56 Å². The molecule has 0 saturated carbocycles. The van der Waals surface area contributed by atoms with Gasteiger partial charge in [-0.25, -0.2) is 4.79 Å². The van der Waals surface area contributed by atoms with Crippen molar-refractivity contribution >= 4 is 28.9 Å². The van der Waals surface area contributed by atoms with E-state index in [0.717, 1.165) is 15.1 Å². The van der Waals surface area contributed by atoms with E-state index in [2.05, 4.69) is 5.10 Å². The maximum absolute atomic E-state index is 12.3. The molecule has 0 fully saturated rings. The highest BCUT2D eigenvalue weighted by molar-refractivity contribution is 7.98. The zero-order chi connectivity index (χ0) is 15.5. The first-order valence-electron chi connectivity index (χ1n) is 6.52. The summed E-state index contributed by atoms with van der Waals surface area (Å²) in [6.45, 7) is 0. The van der Waals surface area contributed by atoms with E-state index in [1.54, 1.807) is 36.0 Å². The first-order valence-corrected chi connectivity index (χ1v) is 7.75. The van der Waals surface area contributed by atoms with E-state index in [4.69, 9.17) is 4.42 Å². The zero-order valence-corrected chi connectivity index (χ0v) is 12.5. The molecule has 0 spiro atoms. The van der Waals surface area contributed by atoms with Crippen LogP contribution in [0.4, 0.5) is 0 Å². The number of rotatable bonds is 3. The quantitative estimate of drug-likeness (QED) is 0.551. The molecule has 3 aromatic rings. The summed E-state index contributed by atoms with van der Waals surface area (Å²) in [7, 11) is 0. The topological polar surface area (TPSA) is 64.6 Å². The molecule has 22 heavy (non-hydrogen) atoms. The van der Waals surface area contributed by atoms with E-state index in [0.29, 0.717) is 5.39 Å². The predicted molar refractivity (Wildman–Crippen MR) is 88.0 cm³/mol. The van der Waals surface area contributed by atoms with Crippen molar-refractivity contribution < 1.29 is 4.42 Å². The van der Waals surface area contributed by atoms with Crippen LogP contribution in [0.25, 0.3) is 11.0 Å². The van der Waals surface area contributed by atoms with Gasteiger partial charge in [0.2, 0.25) is 0 Å². The standard InChI is InChI=1S/C16H12N2O3S/c1-22-12-8-6-11(7-9-12)10-17-18-15(19)13-4-2-3-5-14(13)21-16(18)20/h2-10H,1H3/b17-10+. The number of hydrogen-bond acceptors (Lipinski definition) is 5. The monoisotopic (exact) mass is 312 g/mol. The summed E-state index contributed by atoms with van der Waals surface area (Å²) in [5, 5.41) is 4.26. The third-order valence-corrected chi connectivity index (χ3v) is 3.86. The summed E-state index contributed by atoms with van der Waals surface area (Å²) >= 11 is 1.63. The van der Waals surface area contributed by atoms with Crippen LogP contribution >= 0.6 is 11.8 Å². The van der Waals surface area contributed by atoms with Gasteiger partial charge in [0, 0.05) is 4.90 Å². The number of benzene rings is 2. The van der Waals surface area contributed by atoms with E-state index in [-0.39, 0.29) is 5.58 Å². The number of nitrogens with zero attached hydrogens (tertiary/aromatic N) is 2. The molecule has 1 heterocycles. The average molecular weight is 312 g/mol. The summed E-state index contributed by atoms with van der Waals surface area (Å²) in [6.07, 6.45) is 3.44. The highest BCUT2D eigenvalue weighted by atomic mass is 32.2. The first-order chi connectivity index (χ1) is 10.7. The van der Waals surface area contributed by atoms with Crippen LogP contribution in [0.2, 0.25) is 0 Å². The Balaban J connectivity index is 2.04. The molecule has 0 atom stereocenters. The molecule has 6 heteroatoms. The molecule has 2 aromatic carbocycles. The summed E-state index contributed by atoms with van der Waals surface area (Å²) in [4.78, 5) is 25.2. The largest absolute Gasteiger partial charge is 0.443 e. The minimum absolute atomic E-state index is 0.258. The van der Waals surface area contributed by atoms with Crippen molar-refractivity contribution in [3.63, 3.8) is 0 Å². The maximum Gasteiger partial charge on any atom is 0.443 e. The lowest BCUT2D eigenvalue weighted by atomic mass is 10.2. The molecule has 0 aliphatic carbocycles. The van der Waals surface area contributed by atoms with Gasteiger partial charge in [0.05, 0.1) is 11.6 Å². The van der Waals surface area contributed by atoms with Crippen LogP contribution in [-0.2, 0) is 0 Å². The smallest absolute Gasteiger partial charge is 0.408 e. The second kappa shape index (κ2) is 6.03. The predicted octanol–water partition coefficient (Wildman–Crippen LogP) is 2.56. The summed E-state index contributed by atoms with van der Waals surface area (Å²) < 4.78 is 5.82. The minimum Gasteiger partial charge on any atom is -0.408 e. The van der Waals surface area contributed by atoms with Gasteiger partial charge in [-0.1, -0.05) is 24.3 Å². The molecule has 110 valence electrons. The van der Waals surface area contributed by atoms with Crippen molar-refractivity contribution in [3.05, 3.63) is 75.0 Å². The minimum atomic E-state index is -0.805. The lowest BCUT2D eigenvalue weighted by molar-refractivity contribution is 0.481. The van der Waals surface area contributed by atoms with E-state index >= 15 is 0 Å². The molecule has 0 unspecified atom stereocenters. The van der Waals surface area contributed by atoms with E-state index in [9.17, 15) is 9.59 Å². The Morgan fingerprint density at radius 2 is 1.82 bits per heavy atom. The van der Waals surface area contributed by atoms with E-state index in [1.807, 2.05) is 30.5 Å². The molecule has 0 saturated heterocycles. The van der Waals surface area contributed by atoms with Gasteiger partial charge in [-0.15, -0.1) is 16.4 Å². The number of fused-ring (bicyclic) bond motifs is 1. The van der Waals surface area contributed by atoms with Gasteiger partial charge in [-0.05, 0) is 36.1 Å². The fraction of sp³-hybridized carbons (Fsp3) is 0.0625. The Labute approximate surface area is 129 Å². The molecule has 1 aromatic heterocycles. The fourth-order valence-corrected chi connectivity index (χ4v) is 2.39. The van der Waals surface area contributed by atoms with Crippen molar-refractivity contribution in [2.75, 3.05) is 6.26 Å². The molecule has 0 aliphatic rings. The van der Waals surface area contributed by atoms with Crippen LogP contribution < -0.4 is 11.3 Å². The lowest BCUT2D eigenvalue weighted by Gasteiger charge is -1.99. The second-order valence-corrected chi connectivity index (χ2v) is 5.38. The third kappa shape index (κ3) is 2.73. The Morgan fingerprint density at radius 1 is 1.09 bits per heavy atom. The van der Waals surface area contributed by atoms with Crippen molar-refractivity contribution in [1.29, 1.82) is 0 Å². The number of thioether (sulfide) groups is 1. The third-order valence-electron chi connectivity index (χ3n) is 3.12. The van der Waals surface area contributed by atoms with Gasteiger partial charge in [0.1, 0.15) is 5.58 Å². The highest BCUT2D eigenvalue weighted by Gasteiger charge is 2.07. The van der Waals surface area contributed by atoms with Crippen molar-refractivity contribution in [3.8, 4) is 0 Å². The SMILES string of the molecule is CSc1ccc(/C=N/n2c(=O)oc3ccccc3c2=O)cc1. The molecular formula is C16H12N2O3S. The summed E-state index contributed by atoms with van der Waals surface area (Å²) in [6, 6.07) is 14.2. The fourth-order valence-electron chi connectivity index (χ4n) is 1.98. The summed E-state index contributed by atoms with van der Waals surface area (Å²) in [5.74, 6) is -0.805. The first kappa shape index (κ1) is 14.3. The van der Waals surface area contributed by atoms with Gasteiger partial charge in [-0.2, -0.15) is 5.10 Å². The second-order valence-electron chi connectivity index (χ2n) is 4.50. The Bertz CT molecular complexity index is 956. The summed E-state index contributed by atoms with van der Waals surface area (Å²) in [5.41, 5.74) is 0.550. The van der Waals surface area contributed by atoms with Crippen LogP contribution in [-0.4, -0.2) is 17.1 Å². The van der Waals surface area contributed by atoms with E-state index in [1.165, 1.54) is 6.21 Å². The van der Waals surface area contributed by atoms with Gasteiger partial charge < -0.3 is 4.42 Å². The van der Waals surface area contributed by atoms with Gasteiger partial charge >= 0.3 is 5.76 Å². The van der Waals surface area contributed by atoms with Crippen LogP contribution in [0.15, 0.2) is 72.5 Å². The van der Waals surface area contributed by atoms with Crippen molar-refractivity contribution in [2.24, 2.45) is 5.10 Å². The van der Waals surface area contributed by atoms with Crippen molar-refractivity contribution in [2.45, 2.75) is 4.90 Å². The van der Waals surface area contributed by atoms with Gasteiger partial charge in [0.25, 0.3) is 5.56 Å². The average Bonchev–Trinajstić information content (AvgIpc) is 2.55. The van der Waals surface area contributed by atoms with E-state index < -0.39 is 11.3 Å². The van der Waals surface area contributed by atoms with Gasteiger partial charge in [-0.3, -0.25) is 4.79 Å². The lowest BCUT2D eigenvalue weighted by Crippen LogP contribution is -2.29. The molecule has 5 nitrogen and oxygen atoms in total. The van der Waals surface area contributed by atoms with Crippen LogP contribution in [0, 0.1) is 0 Å². The van der Waals surface area contributed by atoms with Crippen molar-refractivity contribution in [1.82, 2.24) is 4.68 Å². The Morgan fingerprint density at radius 3 is 2.55 bits per heavy atom. The van der Waals surface area contributed by atoms with Gasteiger partial charge in [0.15, 0.2) is 0 Å². The number of aromatic nitrogens is 1. The molecule has 3 rings (SSSR count). The molecule has 0 bridgehead atoms. The van der Waals surface area contributed by atoms with Crippen LogP contribution in [0.5, 0.6) is 0 Å². The molecule has 0 radical (unpaired) electrons. The maximum atomic E-state index is 12.3.